The van der Waals surface area contributed by atoms with Crippen LogP contribution in [0.5, 0.6) is 0 Å². The Morgan fingerprint density at radius 1 is 1.41 bits per heavy atom. The third kappa shape index (κ3) is 4.13. The minimum Gasteiger partial charge on any atom is -0.462 e. The summed E-state index contributed by atoms with van der Waals surface area (Å²) in [6.07, 6.45) is 0.443. The first-order valence-electron chi connectivity index (χ1n) is 4.85. The number of carbonyl (C=O) groups excluding carboxylic acids is 2. The van der Waals surface area contributed by atoms with Gasteiger partial charge in [-0.25, -0.2) is 9.59 Å². The van der Waals surface area contributed by atoms with Crippen molar-refractivity contribution in [3.63, 3.8) is 0 Å². The Hall–Kier alpha value is -2.05. The first-order valence-corrected chi connectivity index (χ1v) is 4.85. The molecule has 1 aromatic rings. The summed E-state index contributed by atoms with van der Waals surface area (Å²) >= 11 is 0. The molecule has 0 aliphatic carbocycles. The van der Waals surface area contributed by atoms with E-state index in [1.54, 1.807) is 20.8 Å². The fourth-order valence-corrected chi connectivity index (χ4v) is 0.920. The fourth-order valence-electron chi connectivity index (χ4n) is 0.920. The van der Waals surface area contributed by atoms with Crippen molar-refractivity contribution in [3.05, 3.63) is 12.2 Å². The van der Waals surface area contributed by atoms with Crippen molar-refractivity contribution in [1.29, 1.82) is 0 Å². The number of rotatable bonds is 2. The van der Waals surface area contributed by atoms with Gasteiger partial charge in [-0.1, -0.05) is 0 Å². The van der Waals surface area contributed by atoms with E-state index in [1.165, 1.54) is 7.11 Å². The molecule has 1 heterocycles. The van der Waals surface area contributed by atoms with Crippen LogP contribution in [0.15, 0.2) is 10.7 Å². The molecule has 1 N–H and O–H groups in total. The van der Waals surface area contributed by atoms with Crippen molar-refractivity contribution >= 4 is 17.9 Å². The molecule has 17 heavy (non-hydrogen) atoms. The van der Waals surface area contributed by atoms with Crippen LogP contribution in [-0.4, -0.2) is 29.8 Å². The topological polar surface area (TPSA) is 90.7 Å². The number of nitrogens with one attached hydrogen (secondary N) is 1. The third-order valence-corrected chi connectivity index (χ3v) is 1.49. The van der Waals surface area contributed by atoms with Crippen LogP contribution < -0.4 is 5.32 Å². The molecule has 0 fully saturated rings. The summed E-state index contributed by atoms with van der Waals surface area (Å²) in [5.74, 6) is -0.875. The number of aromatic nitrogens is 1. The average Bonchev–Trinajstić information content (AvgIpc) is 2.62. The maximum Gasteiger partial charge on any atom is 0.413 e. The van der Waals surface area contributed by atoms with E-state index in [0.29, 0.717) is 0 Å². The second kappa shape index (κ2) is 4.86. The number of hydrogen-bond acceptors (Lipinski definition) is 6. The van der Waals surface area contributed by atoms with Crippen LogP contribution in [0.25, 0.3) is 0 Å². The zero-order valence-electron chi connectivity index (χ0n) is 10.1. The normalized spacial score (nSPS) is 10.8. The van der Waals surface area contributed by atoms with Crippen LogP contribution in [0, 0.1) is 0 Å². The van der Waals surface area contributed by atoms with E-state index in [4.69, 9.17) is 9.15 Å². The van der Waals surface area contributed by atoms with Crippen LogP contribution in [0.3, 0.4) is 0 Å². The molecule has 94 valence electrons. The van der Waals surface area contributed by atoms with E-state index in [1.807, 2.05) is 0 Å². The van der Waals surface area contributed by atoms with Gasteiger partial charge in [-0.15, -0.1) is 0 Å². The number of oxazole rings is 1. The van der Waals surface area contributed by atoms with Gasteiger partial charge in [-0.05, 0) is 20.8 Å². The summed E-state index contributed by atoms with van der Waals surface area (Å²) in [6.45, 7) is 5.19. The first kappa shape index (κ1) is 13.0. The molecule has 0 aliphatic heterocycles. The average molecular weight is 242 g/mol. The number of ether oxygens (including phenoxy) is 2. The van der Waals surface area contributed by atoms with Crippen molar-refractivity contribution in [3.8, 4) is 0 Å². The standard InChI is InChI=1S/C10H14N2O5/c1-10(2,3)17-9(14)12-6-5-16-7(11-6)8(13)15-4/h5H,1-4H3,(H,12,14). The molecule has 7 heteroatoms. The van der Waals surface area contributed by atoms with Crippen molar-refractivity contribution in [2.45, 2.75) is 26.4 Å². The lowest BCUT2D eigenvalue weighted by Crippen LogP contribution is -2.27. The molecule has 1 rings (SSSR count). The molecule has 0 saturated heterocycles. The van der Waals surface area contributed by atoms with E-state index in [2.05, 4.69) is 15.0 Å². The molecule has 0 radical (unpaired) electrons. The van der Waals surface area contributed by atoms with E-state index in [9.17, 15) is 9.59 Å². The highest BCUT2D eigenvalue weighted by Crippen LogP contribution is 2.12. The Kier molecular flexibility index (Phi) is 3.72. The molecular formula is C10H14N2O5. The SMILES string of the molecule is COC(=O)c1nc(NC(=O)OC(C)(C)C)co1. The van der Waals surface area contributed by atoms with Gasteiger partial charge in [0.2, 0.25) is 0 Å². The van der Waals surface area contributed by atoms with Crippen molar-refractivity contribution in [2.75, 3.05) is 12.4 Å². The van der Waals surface area contributed by atoms with Crippen LogP contribution in [0.2, 0.25) is 0 Å². The molecule has 0 bridgehead atoms. The summed E-state index contributed by atoms with van der Waals surface area (Å²) in [7, 11) is 1.20. The molecule has 0 unspecified atom stereocenters. The van der Waals surface area contributed by atoms with Crippen molar-refractivity contribution in [1.82, 2.24) is 4.98 Å². The van der Waals surface area contributed by atoms with E-state index < -0.39 is 17.7 Å². The zero-order chi connectivity index (χ0) is 13.1. The highest BCUT2D eigenvalue weighted by atomic mass is 16.6. The Morgan fingerprint density at radius 2 is 2.06 bits per heavy atom. The second-order valence-electron chi connectivity index (χ2n) is 4.16. The quantitative estimate of drug-likeness (QED) is 0.795. The summed E-state index contributed by atoms with van der Waals surface area (Å²) in [4.78, 5) is 26.1. The van der Waals surface area contributed by atoms with Gasteiger partial charge in [-0.2, -0.15) is 4.98 Å². The lowest BCUT2D eigenvalue weighted by Gasteiger charge is -2.18. The van der Waals surface area contributed by atoms with E-state index >= 15 is 0 Å². The van der Waals surface area contributed by atoms with Gasteiger partial charge in [0.1, 0.15) is 11.9 Å². The van der Waals surface area contributed by atoms with Crippen LogP contribution in [0.4, 0.5) is 10.6 Å². The summed E-state index contributed by atoms with van der Waals surface area (Å²) in [6, 6.07) is 0. The lowest BCUT2D eigenvalue weighted by atomic mass is 10.2. The third-order valence-electron chi connectivity index (χ3n) is 1.49. The molecule has 0 spiro atoms. The fraction of sp³-hybridized carbons (Fsp3) is 0.500. The maximum absolute atomic E-state index is 11.3. The highest BCUT2D eigenvalue weighted by Gasteiger charge is 2.19. The molecule has 1 amide bonds. The van der Waals surface area contributed by atoms with Crippen molar-refractivity contribution in [2.24, 2.45) is 0 Å². The van der Waals surface area contributed by atoms with Gasteiger partial charge in [0.15, 0.2) is 5.82 Å². The Balaban J connectivity index is 2.61. The van der Waals surface area contributed by atoms with Crippen LogP contribution in [-0.2, 0) is 9.47 Å². The predicted molar refractivity (Wildman–Crippen MR) is 57.7 cm³/mol. The number of hydrogen-bond donors (Lipinski definition) is 1. The molecule has 7 nitrogen and oxygen atoms in total. The summed E-state index contributed by atoms with van der Waals surface area (Å²) in [5, 5.41) is 2.32. The molecule has 1 aromatic heterocycles. The van der Waals surface area contributed by atoms with Gasteiger partial charge in [0.05, 0.1) is 7.11 Å². The minimum atomic E-state index is -0.720. The zero-order valence-corrected chi connectivity index (χ0v) is 10.1. The molecule has 0 atom stereocenters. The lowest BCUT2D eigenvalue weighted by molar-refractivity contribution is 0.0554. The van der Waals surface area contributed by atoms with Gasteiger partial charge in [0, 0.05) is 0 Å². The second-order valence-corrected chi connectivity index (χ2v) is 4.16. The number of nitrogens with zero attached hydrogens (tertiary/aromatic N) is 1. The predicted octanol–water partition coefficient (Wildman–Crippen LogP) is 1.81. The first-order chi connectivity index (χ1) is 7.81. The summed E-state index contributed by atoms with van der Waals surface area (Å²) in [5.41, 5.74) is -0.612. The summed E-state index contributed by atoms with van der Waals surface area (Å²) < 4.78 is 14.2. The van der Waals surface area contributed by atoms with Crippen molar-refractivity contribution < 1.29 is 23.5 Å². The number of esters is 1. The molecular weight excluding hydrogens is 228 g/mol. The highest BCUT2D eigenvalue weighted by molar-refractivity contribution is 5.87. The van der Waals surface area contributed by atoms with Gasteiger partial charge in [-0.3, -0.25) is 5.32 Å². The minimum absolute atomic E-state index is 0.0830. The number of carbonyl (C=O) groups is 2. The van der Waals surface area contributed by atoms with Gasteiger partial charge >= 0.3 is 18.0 Å². The molecule has 0 aromatic carbocycles. The molecule has 0 aliphatic rings. The monoisotopic (exact) mass is 242 g/mol. The molecule has 0 saturated carbocycles. The smallest absolute Gasteiger partial charge is 0.413 e. The Labute approximate surface area is 98.1 Å². The van der Waals surface area contributed by atoms with E-state index in [0.717, 1.165) is 6.26 Å². The largest absolute Gasteiger partial charge is 0.462 e. The Bertz CT molecular complexity index is 419. The van der Waals surface area contributed by atoms with Crippen LogP contribution in [0.1, 0.15) is 31.5 Å². The number of anilines is 1. The maximum atomic E-state index is 11.3. The van der Waals surface area contributed by atoms with E-state index in [-0.39, 0.29) is 11.7 Å². The number of methoxy groups -OCH3 is 1. The number of amides is 1. The Morgan fingerprint density at radius 3 is 2.59 bits per heavy atom. The van der Waals surface area contributed by atoms with Gasteiger partial charge < -0.3 is 13.9 Å². The van der Waals surface area contributed by atoms with Crippen LogP contribution >= 0.6 is 0 Å². The van der Waals surface area contributed by atoms with Gasteiger partial charge in [0.25, 0.3) is 0 Å².